The highest BCUT2D eigenvalue weighted by atomic mass is 19.4. The third-order valence-electron chi connectivity index (χ3n) is 4.08. The van der Waals surface area contributed by atoms with Gasteiger partial charge in [-0.25, -0.2) is 4.79 Å². The highest BCUT2D eigenvalue weighted by Gasteiger charge is 2.63. The predicted octanol–water partition coefficient (Wildman–Crippen LogP) is 3.37. The molecule has 7 nitrogen and oxygen atoms in total. The summed E-state index contributed by atoms with van der Waals surface area (Å²) in [5, 5.41) is 3.84. The van der Waals surface area contributed by atoms with Gasteiger partial charge in [-0.05, 0) is 55.5 Å². The molecule has 1 amide bonds. The summed E-state index contributed by atoms with van der Waals surface area (Å²) in [5.74, 6) is -2.02. The molecule has 2 aromatic carbocycles. The Morgan fingerprint density at radius 2 is 1.40 bits per heavy atom. The first-order chi connectivity index (χ1) is 14.2. The molecule has 1 unspecified atom stereocenters. The first-order valence-corrected chi connectivity index (χ1v) is 8.79. The number of ether oxygens (including phenoxy) is 3. The summed E-state index contributed by atoms with van der Waals surface area (Å²) in [7, 11) is 2.80. The van der Waals surface area contributed by atoms with Gasteiger partial charge in [-0.15, -0.1) is 0 Å². The van der Waals surface area contributed by atoms with Crippen molar-refractivity contribution in [3.05, 3.63) is 54.1 Å². The molecule has 0 aliphatic heterocycles. The lowest BCUT2D eigenvalue weighted by Crippen LogP contribution is -2.69. The van der Waals surface area contributed by atoms with Crippen LogP contribution in [-0.4, -0.2) is 44.5 Å². The maximum Gasteiger partial charge on any atom is 0.441 e. The Hall–Kier alpha value is -3.43. The largest absolute Gasteiger partial charge is 0.497 e. The molecule has 162 valence electrons. The third kappa shape index (κ3) is 4.94. The summed E-state index contributed by atoms with van der Waals surface area (Å²) in [6.07, 6.45) is -5.23. The van der Waals surface area contributed by atoms with E-state index in [0.29, 0.717) is 11.5 Å². The standard InChI is InChI=1S/C20H21F3N2O5/c1-4-30-18(27)19(20(21,22)23,24-14-7-11-16(29-3)12-8-14)25-17(26)13-5-9-15(28-2)10-6-13/h5-12,24H,4H2,1-3H3,(H,25,26). The van der Waals surface area contributed by atoms with Gasteiger partial charge in [-0.1, -0.05) is 0 Å². The molecule has 0 saturated heterocycles. The molecule has 2 aromatic rings. The molecule has 0 aliphatic rings. The van der Waals surface area contributed by atoms with Gasteiger partial charge >= 0.3 is 17.8 Å². The van der Waals surface area contributed by atoms with Gasteiger partial charge in [0.25, 0.3) is 5.91 Å². The second-order valence-corrected chi connectivity index (χ2v) is 6.00. The molecule has 0 bridgehead atoms. The van der Waals surface area contributed by atoms with Crippen molar-refractivity contribution in [2.24, 2.45) is 0 Å². The minimum absolute atomic E-state index is 0.0868. The summed E-state index contributed by atoms with van der Waals surface area (Å²) in [6.45, 7) is 1.04. The third-order valence-corrected chi connectivity index (χ3v) is 4.08. The van der Waals surface area contributed by atoms with Gasteiger partial charge in [-0.2, -0.15) is 13.2 Å². The van der Waals surface area contributed by atoms with Crippen LogP contribution in [0.25, 0.3) is 0 Å². The summed E-state index contributed by atoms with van der Waals surface area (Å²) in [6, 6.07) is 10.7. The molecule has 0 radical (unpaired) electrons. The van der Waals surface area contributed by atoms with Crippen molar-refractivity contribution >= 4 is 17.6 Å². The molecule has 2 N–H and O–H groups in total. The highest BCUT2D eigenvalue weighted by molar-refractivity contribution is 5.99. The van der Waals surface area contributed by atoms with Crippen molar-refractivity contribution in [3.8, 4) is 11.5 Å². The molecule has 0 aromatic heterocycles. The average molecular weight is 426 g/mol. The average Bonchev–Trinajstić information content (AvgIpc) is 2.73. The number of hydrogen-bond acceptors (Lipinski definition) is 6. The van der Waals surface area contributed by atoms with Crippen molar-refractivity contribution in [1.82, 2.24) is 5.32 Å². The molecule has 10 heteroatoms. The molecule has 0 heterocycles. The zero-order valence-corrected chi connectivity index (χ0v) is 16.5. The fourth-order valence-electron chi connectivity index (χ4n) is 2.51. The van der Waals surface area contributed by atoms with E-state index in [9.17, 15) is 22.8 Å². The molecule has 30 heavy (non-hydrogen) atoms. The van der Waals surface area contributed by atoms with E-state index in [2.05, 4.69) is 10.1 Å². The molecule has 1 atom stereocenters. The van der Waals surface area contributed by atoms with Crippen LogP contribution in [0.1, 0.15) is 17.3 Å². The SMILES string of the molecule is CCOC(=O)C(NC(=O)c1ccc(OC)cc1)(Nc1ccc(OC)cc1)C(F)(F)F. The number of amides is 1. The normalized spacial score (nSPS) is 13.0. The molecule has 0 fully saturated rings. The van der Waals surface area contributed by atoms with Crippen LogP contribution < -0.4 is 20.1 Å². The first kappa shape index (κ1) is 22.9. The van der Waals surface area contributed by atoms with Crippen LogP contribution in [0.3, 0.4) is 0 Å². The fourth-order valence-corrected chi connectivity index (χ4v) is 2.51. The van der Waals surface area contributed by atoms with Crippen LogP contribution >= 0.6 is 0 Å². The van der Waals surface area contributed by atoms with Gasteiger partial charge in [0, 0.05) is 11.3 Å². The van der Waals surface area contributed by atoms with Gasteiger partial charge in [0.1, 0.15) is 11.5 Å². The number of benzene rings is 2. The number of halogens is 3. The van der Waals surface area contributed by atoms with Crippen LogP contribution in [0.15, 0.2) is 48.5 Å². The fraction of sp³-hybridized carbons (Fsp3) is 0.300. The van der Waals surface area contributed by atoms with Gasteiger partial charge in [-0.3, -0.25) is 4.79 Å². The van der Waals surface area contributed by atoms with Crippen molar-refractivity contribution in [1.29, 1.82) is 0 Å². The van der Waals surface area contributed by atoms with E-state index >= 15 is 0 Å². The molecule has 0 saturated carbocycles. The number of hydrogen-bond donors (Lipinski definition) is 2. The Kier molecular flexibility index (Phi) is 7.14. The van der Waals surface area contributed by atoms with E-state index in [1.165, 1.54) is 69.7 Å². The maximum atomic E-state index is 14.2. The lowest BCUT2D eigenvalue weighted by atomic mass is 10.1. The predicted molar refractivity (Wildman–Crippen MR) is 102 cm³/mol. The van der Waals surface area contributed by atoms with E-state index in [1.807, 2.05) is 0 Å². The van der Waals surface area contributed by atoms with Crippen LogP contribution in [0.4, 0.5) is 18.9 Å². The van der Waals surface area contributed by atoms with Crippen molar-refractivity contribution in [2.75, 3.05) is 26.1 Å². The highest BCUT2D eigenvalue weighted by Crippen LogP contribution is 2.34. The second kappa shape index (κ2) is 9.38. The van der Waals surface area contributed by atoms with E-state index in [0.717, 1.165) is 0 Å². The van der Waals surface area contributed by atoms with E-state index in [1.54, 1.807) is 5.32 Å². The number of methoxy groups -OCH3 is 2. The van der Waals surface area contributed by atoms with Crippen LogP contribution in [0.2, 0.25) is 0 Å². The quantitative estimate of drug-likeness (QED) is 0.497. The van der Waals surface area contributed by atoms with Crippen LogP contribution in [-0.2, 0) is 9.53 Å². The summed E-state index contributed by atoms with van der Waals surface area (Å²) in [5.41, 5.74) is -3.71. The van der Waals surface area contributed by atoms with E-state index in [4.69, 9.17) is 9.47 Å². The van der Waals surface area contributed by atoms with Crippen molar-refractivity contribution in [2.45, 2.75) is 18.8 Å². The Bertz CT molecular complexity index is 870. The van der Waals surface area contributed by atoms with Crippen LogP contribution in [0, 0.1) is 0 Å². The smallest absolute Gasteiger partial charge is 0.441 e. The van der Waals surface area contributed by atoms with E-state index < -0.39 is 23.7 Å². The Morgan fingerprint density at radius 1 is 0.900 bits per heavy atom. The molecule has 0 spiro atoms. The summed E-state index contributed by atoms with van der Waals surface area (Å²) >= 11 is 0. The van der Waals surface area contributed by atoms with Gasteiger partial charge in [0.15, 0.2) is 0 Å². The Balaban J connectivity index is 2.46. The Labute approximate surface area is 171 Å². The van der Waals surface area contributed by atoms with E-state index in [-0.39, 0.29) is 17.9 Å². The minimum atomic E-state index is -5.23. The van der Waals surface area contributed by atoms with Crippen molar-refractivity contribution < 1.29 is 37.0 Å². The van der Waals surface area contributed by atoms with Crippen molar-refractivity contribution in [3.63, 3.8) is 0 Å². The number of carbonyl (C=O) groups excluding carboxylic acids is 2. The molecule has 0 aliphatic carbocycles. The molecule has 2 rings (SSSR count). The number of esters is 1. The second-order valence-electron chi connectivity index (χ2n) is 6.00. The Morgan fingerprint density at radius 3 is 1.83 bits per heavy atom. The number of nitrogens with one attached hydrogen (secondary N) is 2. The van der Waals surface area contributed by atoms with Gasteiger partial charge in [0.2, 0.25) is 0 Å². The lowest BCUT2D eigenvalue weighted by Gasteiger charge is -2.35. The monoisotopic (exact) mass is 426 g/mol. The van der Waals surface area contributed by atoms with Gasteiger partial charge < -0.3 is 24.8 Å². The zero-order chi connectivity index (χ0) is 22.4. The number of carbonyl (C=O) groups is 2. The number of rotatable bonds is 8. The number of alkyl halides is 3. The molecular weight excluding hydrogens is 405 g/mol. The van der Waals surface area contributed by atoms with Crippen LogP contribution in [0.5, 0.6) is 11.5 Å². The lowest BCUT2D eigenvalue weighted by molar-refractivity contribution is -0.204. The topological polar surface area (TPSA) is 85.9 Å². The van der Waals surface area contributed by atoms with Gasteiger partial charge in [0.05, 0.1) is 20.8 Å². The zero-order valence-electron chi connectivity index (χ0n) is 16.5. The molecular formula is C20H21F3N2O5. The minimum Gasteiger partial charge on any atom is -0.497 e. The number of anilines is 1. The summed E-state index contributed by atoms with van der Waals surface area (Å²) < 4.78 is 57.0. The summed E-state index contributed by atoms with van der Waals surface area (Å²) in [4.78, 5) is 25.0. The first-order valence-electron chi connectivity index (χ1n) is 8.79. The maximum absolute atomic E-state index is 14.2.